The topological polar surface area (TPSA) is 135 Å². The van der Waals surface area contributed by atoms with E-state index in [1.54, 1.807) is 13.0 Å². The Morgan fingerprint density at radius 3 is 2.91 bits per heavy atom. The molecule has 2 heterocycles. The molecule has 0 aliphatic carbocycles. The smallest absolute Gasteiger partial charge is 0.265 e. The molecule has 0 saturated carbocycles. The average Bonchev–Trinajstić information content (AvgIpc) is 2.95. The highest BCUT2D eigenvalue weighted by atomic mass is 32.2. The number of nitro benzene ring substituents is 1. The van der Waals surface area contributed by atoms with Crippen LogP contribution in [0.5, 0.6) is 17.4 Å². The minimum Gasteiger partial charge on any atom is -0.865 e. The monoisotopic (exact) mass is 452 g/mol. The van der Waals surface area contributed by atoms with Gasteiger partial charge in [-0.3, -0.25) is 10.1 Å². The molecule has 0 fully saturated rings. The Kier molecular flexibility index (Phi) is 6.08. The van der Waals surface area contributed by atoms with Gasteiger partial charge < -0.3 is 19.9 Å². The Labute approximate surface area is 187 Å². The zero-order chi connectivity index (χ0) is 22.7. The van der Waals surface area contributed by atoms with E-state index in [-0.39, 0.29) is 18.2 Å². The van der Waals surface area contributed by atoms with Crippen molar-refractivity contribution in [2.24, 2.45) is 0 Å². The van der Waals surface area contributed by atoms with E-state index in [0.717, 1.165) is 0 Å². The first-order chi connectivity index (χ1) is 15.5. The van der Waals surface area contributed by atoms with Gasteiger partial charge in [-0.15, -0.1) is 16.8 Å². The fourth-order valence-corrected chi connectivity index (χ4v) is 3.66. The number of aromatic nitrogens is 3. The number of benzene rings is 2. The van der Waals surface area contributed by atoms with Gasteiger partial charge in [-0.25, -0.2) is 0 Å². The fourth-order valence-electron chi connectivity index (χ4n) is 3.15. The molecule has 0 amide bonds. The van der Waals surface area contributed by atoms with E-state index in [1.807, 2.05) is 24.3 Å². The van der Waals surface area contributed by atoms with Crippen LogP contribution in [0.25, 0.3) is 11.3 Å². The van der Waals surface area contributed by atoms with E-state index in [0.29, 0.717) is 33.4 Å². The van der Waals surface area contributed by atoms with Gasteiger partial charge in [-0.2, -0.15) is 4.98 Å². The molecule has 0 saturated heterocycles. The van der Waals surface area contributed by atoms with Gasteiger partial charge in [-0.1, -0.05) is 36.0 Å². The molecule has 1 aliphatic rings. The lowest BCUT2D eigenvalue weighted by atomic mass is 10.1. The maximum Gasteiger partial charge on any atom is 0.265 e. The van der Waals surface area contributed by atoms with E-state index in [1.165, 1.54) is 23.9 Å². The summed E-state index contributed by atoms with van der Waals surface area (Å²) in [5, 5.41) is 35.9. The molecule has 0 bridgehead atoms. The summed E-state index contributed by atoms with van der Waals surface area (Å²) in [7, 11) is 0. The van der Waals surface area contributed by atoms with Crippen molar-refractivity contribution >= 4 is 23.1 Å². The van der Waals surface area contributed by atoms with Crippen LogP contribution < -0.4 is 19.9 Å². The highest BCUT2D eigenvalue weighted by Gasteiger charge is 2.28. The predicted octanol–water partition coefficient (Wildman–Crippen LogP) is 3.70. The third kappa shape index (κ3) is 4.14. The summed E-state index contributed by atoms with van der Waals surface area (Å²) in [6.45, 7) is 5.55. The first-order valence-corrected chi connectivity index (χ1v) is 10.6. The molecular formula is C21H18N5O5S-. The largest absolute Gasteiger partial charge is 0.865 e. The van der Waals surface area contributed by atoms with Crippen LogP contribution in [-0.4, -0.2) is 32.5 Å². The first kappa shape index (κ1) is 21.4. The summed E-state index contributed by atoms with van der Waals surface area (Å²) in [6, 6.07) is 9.95. The van der Waals surface area contributed by atoms with Crippen LogP contribution in [0.4, 0.5) is 11.4 Å². The minimum atomic E-state index is -0.898. The van der Waals surface area contributed by atoms with Crippen LogP contribution in [0, 0.1) is 10.1 Å². The second-order valence-electron chi connectivity index (χ2n) is 6.59. The summed E-state index contributed by atoms with van der Waals surface area (Å²) in [6.07, 6.45) is 0.823. The van der Waals surface area contributed by atoms with Crippen LogP contribution in [-0.2, 0) is 0 Å². The standard InChI is InChI=1S/C21H19N5O5S/c1-3-9-32-21-23-20-17(24-25-21)13-7-5-6-8-14(13)22-19(31-20)12-10-15(26(28)29)18(27)16(11-12)30-4-2/h3,5-8,10-11,19,22,27H,1,4,9H2,2H3/p-1/t19-/m0/s1. The third-order valence-corrected chi connectivity index (χ3v) is 5.35. The Morgan fingerprint density at radius 1 is 1.34 bits per heavy atom. The van der Waals surface area contributed by atoms with E-state index < -0.39 is 22.6 Å². The van der Waals surface area contributed by atoms with E-state index in [9.17, 15) is 15.2 Å². The van der Waals surface area contributed by atoms with Crippen LogP contribution in [0.3, 0.4) is 0 Å². The highest BCUT2D eigenvalue weighted by Crippen LogP contribution is 2.42. The zero-order valence-corrected chi connectivity index (χ0v) is 17.8. The summed E-state index contributed by atoms with van der Waals surface area (Å²) in [4.78, 5) is 15.2. The average molecular weight is 452 g/mol. The van der Waals surface area contributed by atoms with Gasteiger partial charge >= 0.3 is 0 Å². The first-order valence-electron chi connectivity index (χ1n) is 9.65. The van der Waals surface area contributed by atoms with Crippen LogP contribution in [0.15, 0.2) is 54.2 Å². The second kappa shape index (κ2) is 9.10. The number of anilines is 1. The van der Waals surface area contributed by atoms with Gasteiger partial charge in [0, 0.05) is 34.4 Å². The number of thioether (sulfide) groups is 1. The van der Waals surface area contributed by atoms with Crippen molar-refractivity contribution in [3.05, 3.63) is 64.7 Å². The van der Waals surface area contributed by atoms with Crippen molar-refractivity contribution < 1.29 is 19.5 Å². The van der Waals surface area contributed by atoms with Gasteiger partial charge in [-0.05, 0) is 19.1 Å². The maximum absolute atomic E-state index is 12.4. The van der Waals surface area contributed by atoms with Crippen LogP contribution in [0.1, 0.15) is 18.7 Å². The number of hydrogen-bond donors (Lipinski definition) is 1. The molecule has 1 N–H and O–H groups in total. The normalized spacial score (nSPS) is 14.2. The third-order valence-electron chi connectivity index (χ3n) is 4.52. The molecule has 3 aromatic rings. The molecule has 32 heavy (non-hydrogen) atoms. The number of nitro groups is 1. The number of ether oxygens (including phenoxy) is 2. The van der Waals surface area contributed by atoms with Crippen molar-refractivity contribution in [2.75, 3.05) is 17.7 Å². The predicted molar refractivity (Wildman–Crippen MR) is 117 cm³/mol. The van der Waals surface area contributed by atoms with Crippen molar-refractivity contribution in [1.29, 1.82) is 0 Å². The molecular weight excluding hydrogens is 434 g/mol. The quantitative estimate of drug-likeness (QED) is 0.244. The summed E-state index contributed by atoms with van der Waals surface area (Å²) < 4.78 is 11.5. The van der Waals surface area contributed by atoms with Gasteiger partial charge in [0.1, 0.15) is 5.75 Å². The number of nitrogens with one attached hydrogen (secondary N) is 1. The van der Waals surface area contributed by atoms with Crippen LogP contribution in [0.2, 0.25) is 0 Å². The second-order valence-corrected chi connectivity index (χ2v) is 7.58. The number of rotatable bonds is 7. The SMILES string of the molecule is C=CCSc1nnc2c(n1)O[C@@H](c1cc(OCC)c([O-])c([N+](=O)[O-])c1)Nc1ccccc1-2. The molecule has 4 rings (SSSR count). The summed E-state index contributed by atoms with van der Waals surface area (Å²) in [5.74, 6) is -0.112. The summed E-state index contributed by atoms with van der Waals surface area (Å²) >= 11 is 1.34. The van der Waals surface area contributed by atoms with Gasteiger partial charge in [0.25, 0.3) is 5.69 Å². The molecule has 1 aliphatic heterocycles. The lowest BCUT2D eigenvalue weighted by molar-refractivity contribution is -0.398. The number of fused-ring (bicyclic) bond motifs is 3. The molecule has 0 radical (unpaired) electrons. The van der Waals surface area contributed by atoms with Crippen molar-refractivity contribution in [2.45, 2.75) is 18.3 Å². The Bertz CT molecular complexity index is 1190. The fraction of sp³-hybridized carbons (Fsp3) is 0.190. The molecule has 0 spiro atoms. The Balaban J connectivity index is 1.83. The molecule has 2 aromatic carbocycles. The lowest BCUT2D eigenvalue weighted by Gasteiger charge is -2.22. The highest BCUT2D eigenvalue weighted by molar-refractivity contribution is 7.99. The molecule has 1 aromatic heterocycles. The number of nitrogens with zero attached hydrogens (tertiary/aromatic N) is 4. The number of hydrogen-bond acceptors (Lipinski definition) is 10. The Hall–Kier alpha value is -3.86. The molecule has 1 atom stereocenters. The number of para-hydroxylation sites is 1. The van der Waals surface area contributed by atoms with Crippen molar-refractivity contribution in [3.63, 3.8) is 0 Å². The van der Waals surface area contributed by atoms with Gasteiger partial charge in [0.15, 0.2) is 11.9 Å². The van der Waals surface area contributed by atoms with Gasteiger partial charge in [0.2, 0.25) is 11.0 Å². The van der Waals surface area contributed by atoms with E-state index in [4.69, 9.17) is 9.47 Å². The molecule has 11 heteroatoms. The Morgan fingerprint density at radius 2 is 2.16 bits per heavy atom. The minimum absolute atomic E-state index is 0.122. The molecule has 164 valence electrons. The van der Waals surface area contributed by atoms with Crippen LogP contribution >= 0.6 is 11.8 Å². The molecule has 0 unspecified atom stereocenters. The van der Waals surface area contributed by atoms with Crippen molar-refractivity contribution in [1.82, 2.24) is 15.2 Å². The zero-order valence-electron chi connectivity index (χ0n) is 17.0. The van der Waals surface area contributed by atoms with Crippen molar-refractivity contribution in [3.8, 4) is 28.6 Å². The molecule has 10 nitrogen and oxygen atoms in total. The summed E-state index contributed by atoms with van der Waals surface area (Å²) in [5.41, 5.74) is 1.55. The maximum atomic E-state index is 12.4. The van der Waals surface area contributed by atoms with Gasteiger partial charge in [0.05, 0.1) is 11.5 Å². The van der Waals surface area contributed by atoms with E-state index in [2.05, 4.69) is 27.1 Å². The van der Waals surface area contributed by atoms with E-state index >= 15 is 0 Å². The lowest BCUT2D eigenvalue weighted by Crippen LogP contribution is -2.18.